The van der Waals surface area contributed by atoms with Crippen LogP contribution in [-0.2, 0) is 0 Å². The Morgan fingerprint density at radius 2 is 2.06 bits per heavy atom. The molecule has 0 saturated heterocycles. The third-order valence-corrected chi connectivity index (χ3v) is 3.08. The van der Waals surface area contributed by atoms with Crippen LogP contribution in [0.2, 0.25) is 0 Å². The van der Waals surface area contributed by atoms with Crippen LogP contribution in [0.3, 0.4) is 0 Å². The number of nitrogens with zero attached hydrogens (tertiary/aromatic N) is 1. The third kappa shape index (κ3) is 2.23. The predicted molar refractivity (Wildman–Crippen MR) is 60.8 cm³/mol. The fourth-order valence-corrected chi connectivity index (χ4v) is 1.69. The number of aromatic nitrogens is 1. The Morgan fingerprint density at radius 3 is 2.44 bits per heavy atom. The zero-order valence-electron chi connectivity index (χ0n) is 10.6. The lowest BCUT2D eigenvalue weighted by Crippen LogP contribution is -2.42. The van der Waals surface area contributed by atoms with Crippen LogP contribution in [0.25, 0.3) is 0 Å². The first-order valence-corrected chi connectivity index (χ1v) is 5.94. The molecule has 1 aromatic heterocycles. The van der Waals surface area contributed by atoms with Crippen molar-refractivity contribution in [1.82, 2.24) is 10.3 Å². The Kier molecular flexibility index (Phi) is 3.12. The Labute approximate surface area is 104 Å². The van der Waals surface area contributed by atoms with E-state index in [-0.39, 0.29) is 11.7 Å². The summed E-state index contributed by atoms with van der Waals surface area (Å²) in [5.41, 5.74) is -0.921. The maximum Gasteiger partial charge on any atom is 0.289 e. The van der Waals surface area contributed by atoms with Crippen LogP contribution in [0.1, 0.15) is 54.7 Å². The zero-order chi connectivity index (χ0) is 13.5. The summed E-state index contributed by atoms with van der Waals surface area (Å²) >= 11 is 0. The van der Waals surface area contributed by atoms with Crippen molar-refractivity contribution in [2.24, 2.45) is 0 Å². The minimum absolute atomic E-state index is 0.0330. The maximum atomic E-state index is 12.7. The van der Waals surface area contributed by atoms with Gasteiger partial charge in [0.1, 0.15) is 5.54 Å². The highest BCUT2D eigenvalue weighted by molar-refractivity contribution is 5.93. The van der Waals surface area contributed by atoms with E-state index >= 15 is 0 Å². The Hall–Kier alpha value is -1.46. The molecule has 0 atom stereocenters. The molecule has 1 N–H and O–H groups in total. The van der Waals surface area contributed by atoms with Gasteiger partial charge in [-0.1, -0.05) is 13.8 Å². The molecule has 0 bridgehead atoms. The van der Waals surface area contributed by atoms with Crippen LogP contribution in [0.5, 0.6) is 0 Å². The number of aryl methyl sites for hydroxylation is 1. The molecule has 100 valence electrons. The second kappa shape index (κ2) is 4.33. The largest absolute Gasteiger partial charge is 0.435 e. The van der Waals surface area contributed by atoms with E-state index in [1.54, 1.807) is 6.92 Å². The number of hydrogen-bond acceptors (Lipinski definition) is 3. The summed E-state index contributed by atoms with van der Waals surface area (Å²) in [7, 11) is 0. The van der Waals surface area contributed by atoms with Gasteiger partial charge >= 0.3 is 0 Å². The summed E-state index contributed by atoms with van der Waals surface area (Å²) in [4.78, 5) is 16.0. The van der Waals surface area contributed by atoms with Crippen molar-refractivity contribution in [3.63, 3.8) is 0 Å². The Bertz CT molecular complexity index is 465. The van der Waals surface area contributed by atoms with E-state index in [4.69, 9.17) is 4.42 Å². The number of hydrogen-bond donors (Lipinski definition) is 1. The van der Waals surface area contributed by atoms with Gasteiger partial charge in [0.15, 0.2) is 5.89 Å². The van der Waals surface area contributed by atoms with Crippen molar-refractivity contribution in [3.05, 3.63) is 17.3 Å². The topological polar surface area (TPSA) is 55.1 Å². The molecule has 0 spiro atoms. The van der Waals surface area contributed by atoms with Crippen LogP contribution < -0.4 is 5.32 Å². The average Bonchev–Trinajstić information content (AvgIpc) is 2.94. The smallest absolute Gasteiger partial charge is 0.289 e. The van der Waals surface area contributed by atoms with E-state index < -0.39 is 17.9 Å². The van der Waals surface area contributed by atoms with E-state index in [0.717, 1.165) is 0 Å². The molecule has 4 nitrogen and oxygen atoms in total. The van der Waals surface area contributed by atoms with Crippen molar-refractivity contribution in [1.29, 1.82) is 0 Å². The summed E-state index contributed by atoms with van der Waals surface area (Å²) in [6.45, 7) is 5.40. The molecule has 1 heterocycles. The molecule has 1 aliphatic rings. The molecular weight excluding hydrogens is 242 g/mol. The molecule has 6 heteroatoms. The van der Waals surface area contributed by atoms with Gasteiger partial charge < -0.3 is 9.73 Å². The SMILES string of the molecule is Cc1nc(C(C)C)oc1C(=O)NC1(C(F)F)CC1. The number of rotatable bonds is 4. The highest BCUT2D eigenvalue weighted by atomic mass is 19.3. The van der Waals surface area contributed by atoms with Crippen LogP contribution in [0.4, 0.5) is 8.78 Å². The lowest BCUT2D eigenvalue weighted by atomic mass is 10.2. The van der Waals surface area contributed by atoms with Crippen molar-refractivity contribution < 1.29 is 18.0 Å². The molecular formula is C12H16F2N2O2. The average molecular weight is 258 g/mol. The van der Waals surface area contributed by atoms with E-state index in [0.29, 0.717) is 24.4 Å². The normalized spacial score (nSPS) is 17.3. The van der Waals surface area contributed by atoms with Crippen LogP contribution >= 0.6 is 0 Å². The summed E-state index contributed by atoms with van der Waals surface area (Å²) in [5, 5.41) is 2.35. The second-order valence-corrected chi connectivity index (χ2v) is 5.03. The number of amides is 1. The molecule has 1 amide bonds. The molecule has 0 radical (unpaired) electrons. The summed E-state index contributed by atoms with van der Waals surface area (Å²) in [5.74, 6) is -0.0786. The first kappa shape index (κ1) is 13.0. The Morgan fingerprint density at radius 1 is 1.44 bits per heavy atom. The van der Waals surface area contributed by atoms with Gasteiger partial charge in [0, 0.05) is 5.92 Å². The molecule has 18 heavy (non-hydrogen) atoms. The van der Waals surface area contributed by atoms with E-state index in [1.165, 1.54) is 0 Å². The standard InChI is InChI=1S/C12H16F2N2O2/c1-6(2)10-15-7(3)8(18-10)9(17)16-12(4-5-12)11(13)14/h6,11H,4-5H2,1-3H3,(H,16,17). The third-order valence-electron chi connectivity index (χ3n) is 3.08. The molecule has 1 saturated carbocycles. The summed E-state index contributed by atoms with van der Waals surface area (Å²) < 4.78 is 30.8. The van der Waals surface area contributed by atoms with Gasteiger partial charge in [-0.15, -0.1) is 0 Å². The lowest BCUT2D eigenvalue weighted by molar-refractivity contribution is 0.0659. The zero-order valence-corrected chi connectivity index (χ0v) is 10.6. The van der Waals surface area contributed by atoms with Gasteiger partial charge in [-0.25, -0.2) is 13.8 Å². The lowest BCUT2D eigenvalue weighted by Gasteiger charge is -2.15. The van der Waals surface area contributed by atoms with Crippen molar-refractivity contribution in [3.8, 4) is 0 Å². The minimum Gasteiger partial charge on any atom is -0.435 e. The number of oxazole rings is 1. The molecule has 2 rings (SSSR count). The van der Waals surface area contributed by atoms with Crippen LogP contribution in [0, 0.1) is 6.92 Å². The maximum absolute atomic E-state index is 12.7. The number of alkyl halides is 2. The van der Waals surface area contributed by atoms with Crippen molar-refractivity contribution in [2.45, 2.75) is 51.5 Å². The van der Waals surface area contributed by atoms with Gasteiger partial charge in [0.05, 0.1) is 5.69 Å². The number of carbonyl (C=O) groups is 1. The van der Waals surface area contributed by atoms with Crippen molar-refractivity contribution in [2.75, 3.05) is 0 Å². The Balaban J connectivity index is 2.14. The number of halogens is 2. The van der Waals surface area contributed by atoms with Crippen molar-refractivity contribution >= 4 is 5.91 Å². The predicted octanol–water partition coefficient (Wildman–Crippen LogP) is 2.63. The van der Waals surface area contributed by atoms with E-state index in [9.17, 15) is 13.6 Å². The van der Waals surface area contributed by atoms with Crippen LogP contribution in [0.15, 0.2) is 4.42 Å². The van der Waals surface area contributed by atoms with Gasteiger partial charge in [0.25, 0.3) is 12.3 Å². The molecule has 1 aliphatic carbocycles. The molecule has 0 aromatic carbocycles. The van der Waals surface area contributed by atoms with E-state index in [2.05, 4.69) is 10.3 Å². The molecule has 1 fully saturated rings. The van der Waals surface area contributed by atoms with Gasteiger partial charge in [0.2, 0.25) is 5.76 Å². The highest BCUT2D eigenvalue weighted by Crippen LogP contribution is 2.41. The highest BCUT2D eigenvalue weighted by Gasteiger charge is 2.52. The first-order chi connectivity index (χ1) is 8.35. The monoisotopic (exact) mass is 258 g/mol. The number of nitrogens with one attached hydrogen (secondary N) is 1. The van der Waals surface area contributed by atoms with Gasteiger partial charge in [-0.05, 0) is 19.8 Å². The van der Waals surface area contributed by atoms with Gasteiger partial charge in [-0.3, -0.25) is 4.79 Å². The fourth-order valence-electron chi connectivity index (χ4n) is 1.69. The van der Waals surface area contributed by atoms with E-state index in [1.807, 2.05) is 13.8 Å². The quantitative estimate of drug-likeness (QED) is 0.903. The van der Waals surface area contributed by atoms with Gasteiger partial charge in [-0.2, -0.15) is 0 Å². The van der Waals surface area contributed by atoms with Crippen LogP contribution in [-0.4, -0.2) is 22.9 Å². The molecule has 0 aliphatic heterocycles. The molecule has 0 unspecified atom stereocenters. The second-order valence-electron chi connectivity index (χ2n) is 5.03. The number of carbonyl (C=O) groups excluding carboxylic acids is 1. The first-order valence-electron chi connectivity index (χ1n) is 5.94. The fraction of sp³-hybridized carbons (Fsp3) is 0.667. The summed E-state index contributed by atoms with van der Waals surface area (Å²) in [6.07, 6.45) is -1.93. The molecule has 1 aromatic rings. The minimum atomic E-state index is -2.55. The summed E-state index contributed by atoms with van der Waals surface area (Å²) in [6, 6.07) is 0.